The molecule has 5 aromatic rings. The molecule has 0 fully saturated rings. The van der Waals surface area contributed by atoms with E-state index in [4.69, 9.17) is 4.74 Å². The summed E-state index contributed by atoms with van der Waals surface area (Å²) >= 11 is 0. The van der Waals surface area contributed by atoms with Crippen molar-refractivity contribution in [2.24, 2.45) is 0 Å². The minimum absolute atomic E-state index is 0.240. The highest BCUT2D eigenvalue weighted by molar-refractivity contribution is 6.08. The average Bonchev–Trinajstić information content (AvgIpc) is 3.39. The Hall–Kier alpha value is -4.13. The number of pyridine rings is 1. The fourth-order valence-corrected chi connectivity index (χ4v) is 3.54. The Bertz CT molecular complexity index is 1350. The van der Waals surface area contributed by atoms with Crippen LogP contribution in [0.25, 0.3) is 16.6 Å². The predicted octanol–water partition coefficient (Wildman–Crippen LogP) is 3.99. The van der Waals surface area contributed by atoms with Crippen molar-refractivity contribution in [1.82, 2.24) is 19.2 Å². The van der Waals surface area contributed by atoms with Crippen LogP contribution in [0.1, 0.15) is 16.1 Å². The Morgan fingerprint density at radius 1 is 1.07 bits per heavy atom. The number of carbonyl (C=O) groups is 1. The van der Waals surface area contributed by atoms with Gasteiger partial charge < -0.3 is 10.1 Å². The molecule has 7 nitrogen and oxygen atoms in total. The Labute approximate surface area is 172 Å². The average molecular weight is 397 g/mol. The molecular formula is C23H19N5O2. The number of benzene rings is 2. The number of ether oxygens (including phenoxy) is 1. The Morgan fingerprint density at radius 2 is 1.93 bits per heavy atom. The van der Waals surface area contributed by atoms with Gasteiger partial charge in [-0.05, 0) is 23.8 Å². The van der Waals surface area contributed by atoms with Crippen molar-refractivity contribution in [3.8, 4) is 5.75 Å². The fourth-order valence-electron chi connectivity index (χ4n) is 3.54. The van der Waals surface area contributed by atoms with Crippen LogP contribution in [-0.2, 0) is 6.54 Å². The molecular weight excluding hydrogens is 378 g/mol. The summed E-state index contributed by atoms with van der Waals surface area (Å²) in [6.45, 7) is 0.664. The topological polar surface area (TPSA) is 73.5 Å². The molecule has 0 radical (unpaired) electrons. The first-order valence-electron chi connectivity index (χ1n) is 9.54. The van der Waals surface area contributed by atoms with Crippen LogP contribution in [0.15, 0.2) is 79.3 Å². The van der Waals surface area contributed by atoms with Crippen molar-refractivity contribution in [1.29, 1.82) is 0 Å². The van der Waals surface area contributed by atoms with Gasteiger partial charge in [-0.3, -0.25) is 13.9 Å². The predicted molar refractivity (Wildman–Crippen MR) is 115 cm³/mol. The zero-order valence-electron chi connectivity index (χ0n) is 16.3. The SMILES string of the molecule is COc1ccn2c(C(=O)Nc3cccc4c3cnn4Cc3ccccc3)cnc2c1. The molecule has 30 heavy (non-hydrogen) atoms. The molecule has 0 bridgehead atoms. The Balaban J connectivity index is 1.45. The van der Waals surface area contributed by atoms with Crippen LogP contribution in [0.5, 0.6) is 5.75 Å². The molecule has 3 heterocycles. The summed E-state index contributed by atoms with van der Waals surface area (Å²) in [5.74, 6) is 0.451. The van der Waals surface area contributed by atoms with E-state index in [1.165, 1.54) is 0 Å². The van der Waals surface area contributed by atoms with Gasteiger partial charge in [0.25, 0.3) is 5.91 Å². The molecule has 0 unspecified atom stereocenters. The number of rotatable bonds is 5. The lowest BCUT2D eigenvalue weighted by Gasteiger charge is -2.08. The second kappa shape index (κ2) is 7.36. The van der Waals surface area contributed by atoms with E-state index in [9.17, 15) is 4.79 Å². The highest BCUT2D eigenvalue weighted by Crippen LogP contribution is 2.25. The standard InChI is InChI=1S/C23H19N5O2/c1-30-17-10-11-27-21(14-24-22(27)12-17)23(29)26-19-8-5-9-20-18(19)13-25-28(20)15-16-6-3-2-4-7-16/h2-14H,15H2,1H3,(H,26,29). The van der Waals surface area contributed by atoms with Crippen molar-refractivity contribution in [2.45, 2.75) is 6.54 Å². The first kappa shape index (κ1) is 17.9. The van der Waals surface area contributed by atoms with Gasteiger partial charge >= 0.3 is 0 Å². The highest BCUT2D eigenvalue weighted by Gasteiger charge is 2.15. The summed E-state index contributed by atoms with van der Waals surface area (Å²) in [4.78, 5) is 17.3. The van der Waals surface area contributed by atoms with Gasteiger partial charge in [0.1, 0.15) is 17.1 Å². The van der Waals surface area contributed by atoms with Crippen LogP contribution in [-0.4, -0.2) is 32.2 Å². The van der Waals surface area contributed by atoms with E-state index in [0.29, 0.717) is 29.3 Å². The van der Waals surface area contributed by atoms with Crippen molar-refractivity contribution >= 4 is 28.1 Å². The molecule has 1 amide bonds. The van der Waals surface area contributed by atoms with Crippen LogP contribution in [0.3, 0.4) is 0 Å². The third-order valence-corrected chi connectivity index (χ3v) is 5.06. The maximum absolute atomic E-state index is 13.0. The number of fused-ring (bicyclic) bond motifs is 2. The molecule has 1 N–H and O–H groups in total. The van der Waals surface area contributed by atoms with E-state index in [2.05, 4.69) is 27.5 Å². The molecule has 0 saturated carbocycles. The number of methoxy groups -OCH3 is 1. The summed E-state index contributed by atoms with van der Waals surface area (Å²) in [5.41, 5.74) is 3.92. The number of hydrogen-bond donors (Lipinski definition) is 1. The summed E-state index contributed by atoms with van der Waals surface area (Å²) in [6, 6.07) is 19.5. The lowest BCUT2D eigenvalue weighted by molar-refractivity contribution is 0.102. The smallest absolute Gasteiger partial charge is 0.274 e. The molecule has 7 heteroatoms. The van der Waals surface area contributed by atoms with E-state index < -0.39 is 0 Å². The minimum Gasteiger partial charge on any atom is -0.497 e. The summed E-state index contributed by atoms with van der Waals surface area (Å²) in [5, 5.41) is 8.41. The van der Waals surface area contributed by atoms with Gasteiger partial charge in [-0.25, -0.2) is 4.98 Å². The van der Waals surface area contributed by atoms with E-state index >= 15 is 0 Å². The highest BCUT2D eigenvalue weighted by atomic mass is 16.5. The van der Waals surface area contributed by atoms with E-state index in [1.807, 2.05) is 41.1 Å². The molecule has 0 atom stereocenters. The normalized spacial score (nSPS) is 11.1. The fraction of sp³-hybridized carbons (Fsp3) is 0.0870. The molecule has 0 aliphatic carbocycles. The number of imidazole rings is 1. The van der Waals surface area contributed by atoms with Crippen LogP contribution in [0.2, 0.25) is 0 Å². The van der Waals surface area contributed by atoms with Crippen LogP contribution in [0.4, 0.5) is 5.69 Å². The minimum atomic E-state index is -0.240. The number of anilines is 1. The van der Waals surface area contributed by atoms with Crippen molar-refractivity contribution in [2.75, 3.05) is 12.4 Å². The first-order valence-corrected chi connectivity index (χ1v) is 9.54. The molecule has 5 rings (SSSR count). The summed E-state index contributed by atoms with van der Waals surface area (Å²) in [7, 11) is 1.60. The van der Waals surface area contributed by atoms with E-state index in [-0.39, 0.29) is 5.91 Å². The molecule has 0 aliphatic rings. The lowest BCUT2D eigenvalue weighted by Crippen LogP contribution is -2.14. The zero-order valence-corrected chi connectivity index (χ0v) is 16.3. The summed E-state index contributed by atoms with van der Waals surface area (Å²) in [6.07, 6.45) is 5.12. The molecule has 0 spiro atoms. The van der Waals surface area contributed by atoms with Crippen molar-refractivity contribution in [3.05, 3.63) is 90.5 Å². The zero-order chi connectivity index (χ0) is 20.5. The molecule has 0 aliphatic heterocycles. The lowest BCUT2D eigenvalue weighted by atomic mass is 10.2. The molecule has 2 aromatic carbocycles. The largest absolute Gasteiger partial charge is 0.497 e. The van der Waals surface area contributed by atoms with Crippen LogP contribution < -0.4 is 10.1 Å². The van der Waals surface area contributed by atoms with Gasteiger partial charge in [0.2, 0.25) is 0 Å². The number of carbonyl (C=O) groups excluding carboxylic acids is 1. The van der Waals surface area contributed by atoms with Gasteiger partial charge in [-0.15, -0.1) is 0 Å². The van der Waals surface area contributed by atoms with E-state index in [1.54, 1.807) is 42.2 Å². The quantitative estimate of drug-likeness (QED) is 0.487. The molecule has 3 aromatic heterocycles. The van der Waals surface area contributed by atoms with Gasteiger partial charge in [-0.1, -0.05) is 36.4 Å². The Morgan fingerprint density at radius 3 is 2.77 bits per heavy atom. The maximum Gasteiger partial charge on any atom is 0.274 e. The number of amides is 1. The van der Waals surface area contributed by atoms with Gasteiger partial charge in [0.15, 0.2) is 0 Å². The monoisotopic (exact) mass is 397 g/mol. The van der Waals surface area contributed by atoms with Crippen LogP contribution >= 0.6 is 0 Å². The number of hydrogen-bond acceptors (Lipinski definition) is 4. The molecule has 0 saturated heterocycles. The third kappa shape index (κ3) is 3.16. The number of nitrogens with zero attached hydrogens (tertiary/aromatic N) is 4. The van der Waals surface area contributed by atoms with Gasteiger partial charge in [0.05, 0.1) is 37.3 Å². The van der Waals surface area contributed by atoms with Gasteiger partial charge in [-0.2, -0.15) is 5.10 Å². The first-order chi connectivity index (χ1) is 14.7. The Kier molecular flexibility index (Phi) is 4.40. The number of aromatic nitrogens is 4. The molecule has 148 valence electrons. The van der Waals surface area contributed by atoms with Crippen molar-refractivity contribution < 1.29 is 9.53 Å². The third-order valence-electron chi connectivity index (χ3n) is 5.06. The maximum atomic E-state index is 13.0. The second-order valence-corrected chi connectivity index (χ2v) is 6.92. The number of nitrogens with one attached hydrogen (secondary N) is 1. The van der Waals surface area contributed by atoms with Gasteiger partial charge in [0, 0.05) is 17.6 Å². The second-order valence-electron chi connectivity index (χ2n) is 6.92. The van der Waals surface area contributed by atoms with Crippen molar-refractivity contribution in [3.63, 3.8) is 0 Å². The van der Waals surface area contributed by atoms with Crippen LogP contribution in [0, 0.1) is 0 Å². The van der Waals surface area contributed by atoms with E-state index in [0.717, 1.165) is 16.5 Å². The summed E-state index contributed by atoms with van der Waals surface area (Å²) < 4.78 is 8.88.